The van der Waals surface area contributed by atoms with Gasteiger partial charge in [0, 0.05) is 16.5 Å². The van der Waals surface area contributed by atoms with E-state index in [-0.39, 0.29) is 23.8 Å². The van der Waals surface area contributed by atoms with Gasteiger partial charge in [-0.1, -0.05) is 29.4 Å². The van der Waals surface area contributed by atoms with Crippen LogP contribution in [0.3, 0.4) is 0 Å². The van der Waals surface area contributed by atoms with E-state index < -0.39 is 0 Å². The summed E-state index contributed by atoms with van der Waals surface area (Å²) in [6.07, 6.45) is 1.95. The summed E-state index contributed by atoms with van der Waals surface area (Å²) in [5.41, 5.74) is 2.34. The van der Waals surface area contributed by atoms with Crippen molar-refractivity contribution in [2.75, 3.05) is 5.32 Å². The number of rotatable bonds is 8. The standard InChI is InChI=1S/C23H24N4O3S/c1-14(16-9-11-18(12-10-16)26-22(28)17-7-8-17)24-23(29)19-5-3-4-6-20(19)31-13-21-25-15(2)27-30-21/h3-6,9-12,14,17H,7-8,13H2,1-2H3,(H,24,29)(H,26,28). The van der Waals surface area contributed by atoms with Gasteiger partial charge in [0.05, 0.1) is 17.4 Å². The lowest BCUT2D eigenvalue weighted by atomic mass is 10.1. The molecule has 1 unspecified atom stereocenters. The zero-order valence-electron chi connectivity index (χ0n) is 17.4. The number of nitrogens with one attached hydrogen (secondary N) is 2. The molecule has 0 spiro atoms. The van der Waals surface area contributed by atoms with Gasteiger partial charge < -0.3 is 15.2 Å². The minimum absolute atomic E-state index is 0.0823. The summed E-state index contributed by atoms with van der Waals surface area (Å²) >= 11 is 1.48. The van der Waals surface area contributed by atoms with Crippen LogP contribution >= 0.6 is 11.8 Å². The van der Waals surface area contributed by atoms with Crippen molar-refractivity contribution in [2.45, 2.75) is 43.4 Å². The third-order valence-corrected chi connectivity index (χ3v) is 6.08. The van der Waals surface area contributed by atoms with E-state index in [1.165, 1.54) is 11.8 Å². The SMILES string of the molecule is Cc1noc(CSc2ccccc2C(=O)NC(C)c2ccc(NC(=O)C3CC3)cc2)n1. The Bertz CT molecular complexity index is 1080. The van der Waals surface area contributed by atoms with Gasteiger partial charge in [0.25, 0.3) is 5.91 Å². The normalized spacial score (nSPS) is 14.1. The molecule has 1 heterocycles. The molecule has 3 aromatic rings. The molecule has 1 aromatic heterocycles. The van der Waals surface area contributed by atoms with Crippen molar-refractivity contribution < 1.29 is 14.1 Å². The fourth-order valence-corrected chi connectivity index (χ4v) is 4.01. The average molecular weight is 437 g/mol. The maximum absolute atomic E-state index is 12.9. The van der Waals surface area contributed by atoms with Crippen LogP contribution in [0, 0.1) is 12.8 Å². The number of aromatic nitrogens is 2. The Hall–Kier alpha value is -3.13. The number of benzene rings is 2. The van der Waals surface area contributed by atoms with E-state index in [9.17, 15) is 9.59 Å². The molecule has 7 nitrogen and oxygen atoms in total. The van der Waals surface area contributed by atoms with Crippen LogP contribution in [0.15, 0.2) is 57.9 Å². The first-order valence-corrected chi connectivity index (χ1v) is 11.2. The van der Waals surface area contributed by atoms with E-state index in [0.29, 0.717) is 23.0 Å². The molecule has 1 saturated carbocycles. The first-order chi connectivity index (χ1) is 15.0. The smallest absolute Gasteiger partial charge is 0.252 e. The Morgan fingerprint density at radius 2 is 1.90 bits per heavy atom. The molecule has 1 aliphatic rings. The molecule has 31 heavy (non-hydrogen) atoms. The van der Waals surface area contributed by atoms with Gasteiger partial charge in [-0.3, -0.25) is 9.59 Å². The molecule has 1 fully saturated rings. The second kappa shape index (κ2) is 9.34. The van der Waals surface area contributed by atoms with Crippen LogP contribution in [0.2, 0.25) is 0 Å². The number of anilines is 1. The molecule has 2 aromatic carbocycles. The molecule has 2 amide bonds. The summed E-state index contributed by atoms with van der Waals surface area (Å²) in [6.45, 7) is 3.71. The van der Waals surface area contributed by atoms with Crippen LogP contribution in [0.4, 0.5) is 5.69 Å². The monoisotopic (exact) mass is 436 g/mol. The highest BCUT2D eigenvalue weighted by Crippen LogP contribution is 2.30. The van der Waals surface area contributed by atoms with Crippen LogP contribution in [-0.2, 0) is 10.5 Å². The number of carbonyl (C=O) groups excluding carboxylic acids is 2. The van der Waals surface area contributed by atoms with Crippen molar-refractivity contribution in [3.05, 3.63) is 71.4 Å². The molecule has 0 radical (unpaired) electrons. The summed E-state index contributed by atoms with van der Waals surface area (Å²) in [7, 11) is 0. The van der Waals surface area contributed by atoms with Crippen LogP contribution in [-0.4, -0.2) is 22.0 Å². The molecule has 0 aliphatic heterocycles. The largest absolute Gasteiger partial charge is 0.345 e. The van der Waals surface area contributed by atoms with E-state index in [2.05, 4.69) is 20.8 Å². The number of amides is 2. The minimum atomic E-state index is -0.183. The third kappa shape index (κ3) is 5.52. The number of thioether (sulfide) groups is 1. The third-order valence-electron chi connectivity index (χ3n) is 5.03. The van der Waals surface area contributed by atoms with Crippen LogP contribution in [0.5, 0.6) is 0 Å². The van der Waals surface area contributed by atoms with E-state index in [0.717, 1.165) is 29.0 Å². The van der Waals surface area contributed by atoms with Crippen molar-refractivity contribution in [3.63, 3.8) is 0 Å². The van der Waals surface area contributed by atoms with Crippen molar-refractivity contribution in [1.82, 2.24) is 15.5 Å². The van der Waals surface area contributed by atoms with Gasteiger partial charge in [0.15, 0.2) is 5.82 Å². The summed E-state index contributed by atoms with van der Waals surface area (Å²) in [6, 6.07) is 14.9. The first kappa shape index (κ1) is 21.1. The van der Waals surface area contributed by atoms with Gasteiger partial charge in [-0.15, -0.1) is 11.8 Å². The highest BCUT2D eigenvalue weighted by Gasteiger charge is 2.29. The van der Waals surface area contributed by atoms with Gasteiger partial charge in [-0.25, -0.2) is 0 Å². The molecular weight excluding hydrogens is 412 g/mol. The Labute approximate surface area is 185 Å². The van der Waals surface area contributed by atoms with Gasteiger partial charge in [0.2, 0.25) is 11.8 Å². The van der Waals surface area contributed by atoms with Crippen molar-refractivity contribution in [2.24, 2.45) is 5.92 Å². The predicted octanol–water partition coefficient (Wildman–Crippen LogP) is 4.51. The van der Waals surface area contributed by atoms with Gasteiger partial charge >= 0.3 is 0 Å². The highest BCUT2D eigenvalue weighted by atomic mass is 32.2. The van der Waals surface area contributed by atoms with Crippen molar-refractivity contribution in [3.8, 4) is 0 Å². The summed E-state index contributed by atoms with van der Waals surface area (Å²) < 4.78 is 5.15. The lowest BCUT2D eigenvalue weighted by molar-refractivity contribution is -0.117. The quantitative estimate of drug-likeness (QED) is 0.504. The molecule has 0 bridgehead atoms. The molecule has 2 N–H and O–H groups in total. The number of carbonyl (C=O) groups is 2. The van der Waals surface area contributed by atoms with Crippen molar-refractivity contribution >= 4 is 29.3 Å². The molecule has 8 heteroatoms. The molecule has 1 atom stereocenters. The Morgan fingerprint density at radius 3 is 2.58 bits per heavy atom. The van der Waals surface area contributed by atoms with Crippen LogP contribution in [0.25, 0.3) is 0 Å². The zero-order chi connectivity index (χ0) is 21.8. The summed E-state index contributed by atoms with van der Waals surface area (Å²) in [5.74, 6) is 1.71. The summed E-state index contributed by atoms with van der Waals surface area (Å²) in [5, 5.41) is 9.77. The van der Waals surface area contributed by atoms with E-state index in [1.54, 1.807) is 13.0 Å². The number of nitrogens with zero attached hydrogens (tertiary/aromatic N) is 2. The van der Waals surface area contributed by atoms with E-state index in [4.69, 9.17) is 4.52 Å². The fourth-order valence-electron chi connectivity index (χ4n) is 3.12. The van der Waals surface area contributed by atoms with E-state index in [1.807, 2.05) is 49.4 Å². The average Bonchev–Trinajstić information content (AvgIpc) is 3.54. The predicted molar refractivity (Wildman–Crippen MR) is 119 cm³/mol. The van der Waals surface area contributed by atoms with Crippen LogP contribution < -0.4 is 10.6 Å². The first-order valence-electron chi connectivity index (χ1n) is 10.2. The maximum atomic E-state index is 12.9. The zero-order valence-corrected chi connectivity index (χ0v) is 18.2. The second-order valence-electron chi connectivity index (χ2n) is 7.60. The number of aryl methyl sites for hydroxylation is 1. The Balaban J connectivity index is 1.37. The molecule has 1 aliphatic carbocycles. The molecular formula is C23H24N4O3S. The molecule has 4 rings (SSSR count). The number of hydrogen-bond acceptors (Lipinski definition) is 6. The van der Waals surface area contributed by atoms with Crippen molar-refractivity contribution in [1.29, 1.82) is 0 Å². The molecule has 160 valence electrons. The topological polar surface area (TPSA) is 97.1 Å². The van der Waals surface area contributed by atoms with Gasteiger partial charge in [-0.2, -0.15) is 4.98 Å². The van der Waals surface area contributed by atoms with E-state index >= 15 is 0 Å². The Morgan fingerprint density at radius 1 is 1.16 bits per heavy atom. The minimum Gasteiger partial charge on any atom is -0.345 e. The second-order valence-corrected chi connectivity index (χ2v) is 8.62. The van der Waals surface area contributed by atoms with Crippen LogP contribution in [0.1, 0.15) is 53.4 Å². The lowest BCUT2D eigenvalue weighted by Gasteiger charge is -2.16. The Kier molecular flexibility index (Phi) is 6.36. The maximum Gasteiger partial charge on any atom is 0.252 e. The number of hydrogen-bond donors (Lipinski definition) is 2. The lowest BCUT2D eigenvalue weighted by Crippen LogP contribution is -2.27. The highest BCUT2D eigenvalue weighted by molar-refractivity contribution is 7.98. The molecule has 0 saturated heterocycles. The van der Waals surface area contributed by atoms with Gasteiger partial charge in [-0.05, 0) is 56.5 Å². The fraction of sp³-hybridized carbons (Fsp3) is 0.304. The summed E-state index contributed by atoms with van der Waals surface area (Å²) in [4.78, 5) is 29.9. The van der Waals surface area contributed by atoms with Gasteiger partial charge in [0.1, 0.15) is 0 Å².